The van der Waals surface area contributed by atoms with Crippen LogP contribution in [0.1, 0.15) is 37.5 Å². The Morgan fingerprint density at radius 1 is 0.909 bits per heavy atom. The van der Waals surface area contributed by atoms with E-state index in [0.717, 1.165) is 6.42 Å². The van der Waals surface area contributed by atoms with E-state index in [2.05, 4.69) is 31.2 Å². The van der Waals surface area contributed by atoms with Crippen molar-refractivity contribution in [2.24, 2.45) is 0 Å². The molecule has 116 valence electrons. The quantitative estimate of drug-likeness (QED) is 0.597. The van der Waals surface area contributed by atoms with E-state index in [0.29, 0.717) is 5.75 Å². The Bertz CT molecular complexity index is 619. The molecule has 0 radical (unpaired) electrons. The smallest absolute Gasteiger partial charge is 0.428 e. The summed E-state index contributed by atoms with van der Waals surface area (Å²) < 4.78 is 10.3. The number of rotatable bonds is 3. The molecule has 0 aromatic heterocycles. The van der Waals surface area contributed by atoms with Gasteiger partial charge in [-0.25, -0.2) is 4.79 Å². The predicted molar refractivity (Wildman–Crippen MR) is 87.3 cm³/mol. The summed E-state index contributed by atoms with van der Waals surface area (Å²) >= 11 is 0. The van der Waals surface area contributed by atoms with Crippen LogP contribution in [0.5, 0.6) is 5.75 Å². The van der Waals surface area contributed by atoms with Crippen molar-refractivity contribution < 1.29 is 14.3 Å². The number of hydrogen-bond acceptors (Lipinski definition) is 3. The van der Waals surface area contributed by atoms with E-state index >= 15 is 0 Å². The molecule has 0 fully saturated rings. The van der Waals surface area contributed by atoms with Crippen LogP contribution in [0, 0.1) is 6.92 Å². The molecule has 0 aliphatic carbocycles. The predicted octanol–water partition coefficient (Wildman–Crippen LogP) is 4.90. The zero-order valence-electron chi connectivity index (χ0n) is 13.6. The summed E-state index contributed by atoms with van der Waals surface area (Å²) in [6.45, 7) is 7.49. The first-order valence-corrected chi connectivity index (χ1v) is 7.37. The molecule has 2 rings (SSSR count). The molecule has 0 saturated carbocycles. The Morgan fingerprint density at radius 3 is 1.91 bits per heavy atom. The normalized spacial score (nSPS) is 11.1. The molecule has 0 spiro atoms. The third-order valence-electron chi connectivity index (χ3n) is 3.04. The van der Waals surface area contributed by atoms with Gasteiger partial charge in [0.15, 0.2) is 0 Å². The standard InChI is InChI=1S/C19H22O3/c1-14-5-7-15(8-6-14)13-16-9-11-17(12-10-16)21-18(20)22-19(2,3)4/h5-12H,13H2,1-4H3. The fraction of sp³-hybridized carbons (Fsp3) is 0.316. The van der Waals surface area contributed by atoms with Gasteiger partial charge >= 0.3 is 6.16 Å². The molecule has 0 amide bonds. The van der Waals surface area contributed by atoms with E-state index in [4.69, 9.17) is 9.47 Å². The van der Waals surface area contributed by atoms with E-state index in [-0.39, 0.29) is 0 Å². The number of benzene rings is 2. The van der Waals surface area contributed by atoms with Crippen LogP contribution < -0.4 is 4.74 Å². The van der Waals surface area contributed by atoms with Gasteiger partial charge in [0.25, 0.3) is 0 Å². The maximum atomic E-state index is 11.6. The molecule has 0 bridgehead atoms. The second-order valence-corrected chi connectivity index (χ2v) is 6.37. The van der Waals surface area contributed by atoms with Crippen molar-refractivity contribution in [1.82, 2.24) is 0 Å². The molecule has 0 N–H and O–H groups in total. The summed E-state index contributed by atoms with van der Waals surface area (Å²) in [6.07, 6.45) is 0.172. The SMILES string of the molecule is Cc1ccc(Cc2ccc(OC(=O)OC(C)(C)C)cc2)cc1. The van der Waals surface area contributed by atoms with E-state index < -0.39 is 11.8 Å². The summed E-state index contributed by atoms with van der Waals surface area (Å²) in [5, 5.41) is 0. The Kier molecular flexibility index (Phi) is 4.86. The van der Waals surface area contributed by atoms with Crippen molar-refractivity contribution in [1.29, 1.82) is 0 Å². The third-order valence-corrected chi connectivity index (χ3v) is 3.04. The maximum Gasteiger partial charge on any atom is 0.514 e. The molecule has 22 heavy (non-hydrogen) atoms. The zero-order valence-corrected chi connectivity index (χ0v) is 13.6. The van der Waals surface area contributed by atoms with Crippen LogP contribution in [-0.2, 0) is 11.2 Å². The fourth-order valence-electron chi connectivity index (χ4n) is 1.98. The van der Waals surface area contributed by atoms with Crippen LogP contribution in [0.4, 0.5) is 4.79 Å². The molecule has 0 aliphatic heterocycles. The first-order valence-electron chi connectivity index (χ1n) is 7.37. The molecule has 0 heterocycles. The van der Waals surface area contributed by atoms with Gasteiger partial charge in [0.1, 0.15) is 11.4 Å². The number of aryl methyl sites for hydroxylation is 1. The van der Waals surface area contributed by atoms with Crippen LogP contribution in [0.15, 0.2) is 48.5 Å². The molecule has 2 aromatic rings. The number of carbonyl (C=O) groups excluding carboxylic acids is 1. The van der Waals surface area contributed by atoms with Crippen molar-refractivity contribution >= 4 is 6.16 Å². The number of ether oxygens (including phenoxy) is 2. The average molecular weight is 298 g/mol. The van der Waals surface area contributed by atoms with Crippen LogP contribution in [0.3, 0.4) is 0 Å². The lowest BCUT2D eigenvalue weighted by Gasteiger charge is -2.18. The molecule has 2 aromatic carbocycles. The summed E-state index contributed by atoms with van der Waals surface area (Å²) in [4.78, 5) is 11.6. The van der Waals surface area contributed by atoms with Crippen LogP contribution in [0.25, 0.3) is 0 Å². The van der Waals surface area contributed by atoms with Crippen molar-refractivity contribution in [3.63, 3.8) is 0 Å². The lowest BCUT2D eigenvalue weighted by Crippen LogP contribution is -2.25. The monoisotopic (exact) mass is 298 g/mol. The van der Waals surface area contributed by atoms with Crippen LogP contribution >= 0.6 is 0 Å². The second-order valence-electron chi connectivity index (χ2n) is 6.37. The highest BCUT2D eigenvalue weighted by atomic mass is 16.7. The summed E-state index contributed by atoms with van der Waals surface area (Å²) in [6, 6.07) is 15.9. The number of hydrogen-bond donors (Lipinski definition) is 0. The molecular weight excluding hydrogens is 276 g/mol. The van der Waals surface area contributed by atoms with Crippen LogP contribution in [0.2, 0.25) is 0 Å². The van der Waals surface area contributed by atoms with Gasteiger partial charge < -0.3 is 9.47 Å². The lowest BCUT2D eigenvalue weighted by atomic mass is 10.0. The van der Waals surface area contributed by atoms with E-state index in [1.807, 2.05) is 12.1 Å². The van der Waals surface area contributed by atoms with Gasteiger partial charge in [-0.15, -0.1) is 0 Å². The van der Waals surface area contributed by atoms with Crippen LogP contribution in [-0.4, -0.2) is 11.8 Å². The van der Waals surface area contributed by atoms with Gasteiger partial charge in [0.2, 0.25) is 0 Å². The zero-order chi connectivity index (χ0) is 16.2. The lowest BCUT2D eigenvalue weighted by molar-refractivity contribution is 0.0206. The number of carbonyl (C=O) groups is 1. The maximum absolute atomic E-state index is 11.6. The average Bonchev–Trinajstić information content (AvgIpc) is 2.41. The highest BCUT2D eigenvalue weighted by Gasteiger charge is 2.17. The topological polar surface area (TPSA) is 35.5 Å². The highest BCUT2D eigenvalue weighted by molar-refractivity contribution is 5.64. The molecule has 0 saturated heterocycles. The molecular formula is C19H22O3. The fourth-order valence-corrected chi connectivity index (χ4v) is 1.98. The van der Waals surface area contributed by atoms with Gasteiger partial charge in [-0.3, -0.25) is 0 Å². The second kappa shape index (κ2) is 6.65. The van der Waals surface area contributed by atoms with Gasteiger partial charge in [0.05, 0.1) is 0 Å². The first kappa shape index (κ1) is 16.1. The molecule has 0 aliphatic rings. The van der Waals surface area contributed by atoms with Crippen molar-refractivity contribution in [3.8, 4) is 5.75 Å². The first-order chi connectivity index (χ1) is 10.3. The molecule has 3 nitrogen and oxygen atoms in total. The third kappa shape index (κ3) is 5.24. The summed E-state index contributed by atoms with van der Waals surface area (Å²) in [5.74, 6) is 0.488. The van der Waals surface area contributed by atoms with Crippen molar-refractivity contribution in [2.45, 2.75) is 39.7 Å². The highest BCUT2D eigenvalue weighted by Crippen LogP contribution is 2.17. The van der Waals surface area contributed by atoms with E-state index in [9.17, 15) is 4.79 Å². The Hall–Kier alpha value is -2.29. The Morgan fingerprint density at radius 2 is 1.41 bits per heavy atom. The van der Waals surface area contributed by atoms with Crippen molar-refractivity contribution in [2.75, 3.05) is 0 Å². The van der Waals surface area contributed by atoms with Gasteiger partial charge in [0, 0.05) is 0 Å². The minimum atomic E-state index is -0.682. The Labute approximate surface area is 131 Å². The minimum absolute atomic E-state index is 0.488. The van der Waals surface area contributed by atoms with E-state index in [1.165, 1.54) is 16.7 Å². The summed E-state index contributed by atoms with van der Waals surface area (Å²) in [5.41, 5.74) is 3.12. The Balaban J connectivity index is 1.95. The summed E-state index contributed by atoms with van der Waals surface area (Å²) in [7, 11) is 0. The molecule has 0 atom stereocenters. The largest absolute Gasteiger partial charge is 0.514 e. The van der Waals surface area contributed by atoms with Gasteiger partial charge in [-0.05, 0) is 57.4 Å². The molecule has 0 unspecified atom stereocenters. The van der Waals surface area contributed by atoms with Gasteiger partial charge in [-0.1, -0.05) is 42.0 Å². The van der Waals surface area contributed by atoms with Crippen molar-refractivity contribution in [3.05, 3.63) is 65.2 Å². The molecule has 3 heteroatoms. The minimum Gasteiger partial charge on any atom is -0.428 e. The van der Waals surface area contributed by atoms with Gasteiger partial charge in [-0.2, -0.15) is 0 Å². The van der Waals surface area contributed by atoms with E-state index in [1.54, 1.807) is 32.9 Å².